The van der Waals surface area contributed by atoms with E-state index in [-0.39, 0.29) is 17.1 Å². The number of carbonyl (C=O) groups is 1. The second-order valence-electron chi connectivity index (χ2n) is 6.23. The van der Waals surface area contributed by atoms with Gasteiger partial charge in [0.1, 0.15) is 22.1 Å². The number of alkyl halides is 3. The fourth-order valence-corrected chi connectivity index (χ4v) is 3.77. The van der Waals surface area contributed by atoms with Crippen molar-refractivity contribution in [3.63, 3.8) is 0 Å². The minimum absolute atomic E-state index is 0.118. The van der Waals surface area contributed by atoms with E-state index in [0.29, 0.717) is 11.8 Å². The molecule has 0 radical (unpaired) electrons. The number of aromatic nitrogens is 2. The maximum atomic E-state index is 14.1. The third kappa shape index (κ3) is 4.28. The molecular formula is C19H13ClF4N2O4S. The highest BCUT2D eigenvalue weighted by Crippen LogP contribution is 2.35. The molecule has 0 amide bonds. The molecule has 0 fully saturated rings. The molecule has 0 spiro atoms. The molecule has 0 saturated heterocycles. The molecule has 2 heterocycles. The molecule has 3 aromatic rings. The minimum atomic E-state index is -5.20. The van der Waals surface area contributed by atoms with Crippen LogP contribution < -0.4 is 5.43 Å². The molecule has 0 unspecified atom stereocenters. The lowest BCUT2D eigenvalue weighted by atomic mass is 10.1. The van der Waals surface area contributed by atoms with Gasteiger partial charge in [0.15, 0.2) is 0 Å². The zero-order chi connectivity index (χ0) is 23.1. The summed E-state index contributed by atoms with van der Waals surface area (Å²) in [6.07, 6.45) is -4.41. The van der Waals surface area contributed by atoms with Gasteiger partial charge in [0.2, 0.25) is 11.2 Å². The summed E-state index contributed by atoms with van der Waals surface area (Å²) in [5.74, 6) is -4.17. The van der Waals surface area contributed by atoms with Crippen LogP contribution in [0.4, 0.5) is 17.6 Å². The van der Waals surface area contributed by atoms with Crippen LogP contribution in [-0.2, 0) is 4.74 Å². The van der Waals surface area contributed by atoms with Crippen LogP contribution in [0.15, 0.2) is 34.3 Å². The number of esters is 1. The maximum absolute atomic E-state index is 14.1. The third-order valence-corrected chi connectivity index (χ3v) is 5.35. The van der Waals surface area contributed by atoms with Crippen molar-refractivity contribution >= 4 is 45.5 Å². The molecule has 3 rings (SSSR count). The van der Waals surface area contributed by atoms with E-state index in [9.17, 15) is 32.3 Å². The second kappa shape index (κ2) is 8.31. The van der Waals surface area contributed by atoms with E-state index in [2.05, 4.69) is 4.98 Å². The summed E-state index contributed by atoms with van der Waals surface area (Å²) in [5.41, 5.74) is -2.39. The van der Waals surface area contributed by atoms with Crippen molar-refractivity contribution in [1.29, 1.82) is 0 Å². The Labute approximate surface area is 181 Å². The molecule has 31 heavy (non-hydrogen) atoms. The van der Waals surface area contributed by atoms with Gasteiger partial charge in [-0.05, 0) is 26.0 Å². The number of benzene rings is 1. The number of aliphatic hydroxyl groups is 1. The zero-order valence-corrected chi connectivity index (χ0v) is 17.5. The van der Waals surface area contributed by atoms with Gasteiger partial charge in [-0.15, -0.1) is 11.3 Å². The fourth-order valence-electron chi connectivity index (χ4n) is 2.77. The first kappa shape index (κ1) is 22.8. The number of halogens is 5. The van der Waals surface area contributed by atoms with Crippen LogP contribution in [0.5, 0.6) is 0 Å². The number of allylic oxidation sites excluding steroid dienone is 1. The Morgan fingerprint density at radius 2 is 2.03 bits per heavy atom. The average Bonchev–Trinajstić information content (AvgIpc) is 3.10. The molecule has 1 N–H and O–H groups in total. The Morgan fingerprint density at radius 3 is 2.58 bits per heavy atom. The van der Waals surface area contributed by atoms with E-state index in [1.807, 2.05) is 0 Å². The van der Waals surface area contributed by atoms with Crippen molar-refractivity contribution in [3.05, 3.63) is 66.8 Å². The van der Waals surface area contributed by atoms with Gasteiger partial charge in [0.25, 0.3) is 0 Å². The van der Waals surface area contributed by atoms with Gasteiger partial charge < -0.3 is 14.4 Å². The van der Waals surface area contributed by atoms with Gasteiger partial charge >= 0.3 is 12.1 Å². The molecule has 1 aromatic carbocycles. The van der Waals surface area contributed by atoms with Gasteiger partial charge in [-0.2, -0.15) is 13.2 Å². The molecule has 0 atom stereocenters. The number of nitrogens with zero attached hydrogens (tertiary/aromatic N) is 2. The molecular weight excluding hydrogens is 464 g/mol. The van der Waals surface area contributed by atoms with E-state index in [1.54, 1.807) is 0 Å². The molecule has 0 aliphatic carbocycles. The summed E-state index contributed by atoms with van der Waals surface area (Å²) in [5, 5.41) is 10.3. The van der Waals surface area contributed by atoms with E-state index < -0.39 is 50.8 Å². The van der Waals surface area contributed by atoms with Gasteiger partial charge in [0.05, 0.1) is 17.1 Å². The van der Waals surface area contributed by atoms with Crippen LogP contribution >= 0.6 is 22.9 Å². The summed E-state index contributed by atoms with van der Waals surface area (Å²) < 4.78 is 60.1. The predicted octanol–water partition coefficient (Wildman–Crippen LogP) is 5.07. The topological polar surface area (TPSA) is 81.4 Å². The zero-order valence-electron chi connectivity index (χ0n) is 15.9. The highest BCUT2D eigenvalue weighted by molar-refractivity contribution is 7.10. The Bertz CT molecular complexity index is 1280. The Hall–Kier alpha value is -2.92. The Morgan fingerprint density at radius 1 is 1.35 bits per heavy atom. The van der Waals surface area contributed by atoms with Gasteiger partial charge in [-0.25, -0.2) is 14.2 Å². The number of hydrogen-bond acceptors (Lipinski definition) is 6. The molecule has 2 aromatic heterocycles. The number of fused-ring (bicyclic) bond motifs is 1. The average molecular weight is 477 g/mol. The van der Waals surface area contributed by atoms with Gasteiger partial charge in [-0.3, -0.25) is 4.79 Å². The SMILES string of the molecule is CCOC(=O)c1cn(/C(=C(\O)C(F)(F)F)c2nc(C)cs2)c2cc(Cl)c(F)cc2c1=O. The number of rotatable bonds is 4. The number of hydrogen-bond donors (Lipinski definition) is 1. The minimum Gasteiger partial charge on any atom is -0.503 e. The quantitative estimate of drug-likeness (QED) is 0.323. The molecule has 0 aliphatic heterocycles. The van der Waals surface area contributed by atoms with E-state index >= 15 is 0 Å². The van der Waals surface area contributed by atoms with Crippen molar-refractivity contribution in [2.75, 3.05) is 6.61 Å². The van der Waals surface area contributed by atoms with Crippen LogP contribution in [0.1, 0.15) is 28.0 Å². The molecule has 164 valence electrons. The maximum Gasteiger partial charge on any atom is 0.451 e. The smallest absolute Gasteiger partial charge is 0.451 e. The van der Waals surface area contributed by atoms with Crippen LogP contribution in [0.2, 0.25) is 5.02 Å². The van der Waals surface area contributed by atoms with Gasteiger partial charge in [-0.1, -0.05) is 11.6 Å². The van der Waals surface area contributed by atoms with E-state index in [1.165, 1.54) is 19.2 Å². The number of aliphatic hydroxyl groups excluding tert-OH is 1. The second-order valence-corrected chi connectivity index (χ2v) is 7.50. The first-order chi connectivity index (χ1) is 14.5. The lowest BCUT2D eigenvalue weighted by Gasteiger charge is -2.18. The van der Waals surface area contributed by atoms with Crippen molar-refractivity contribution in [2.45, 2.75) is 20.0 Å². The standard InChI is InChI=1S/C19H13ClF4N2O4S/c1-3-30-18(29)10-6-26(13-5-11(20)12(21)4-9(13)15(10)27)14(16(28)19(22,23)24)17-25-8(2)7-31-17/h4-7,28H,3H2,1-2H3/b16-14-. The van der Waals surface area contributed by atoms with Crippen LogP contribution in [0, 0.1) is 12.7 Å². The molecule has 0 aliphatic rings. The number of carbonyl (C=O) groups excluding carboxylic acids is 1. The highest BCUT2D eigenvalue weighted by atomic mass is 35.5. The summed E-state index contributed by atoms with van der Waals surface area (Å²) in [6, 6.07) is 1.63. The first-order valence-corrected chi connectivity index (χ1v) is 9.86. The molecule has 12 heteroatoms. The fraction of sp³-hybridized carbons (Fsp3) is 0.211. The lowest BCUT2D eigenvalue weighted by molar-refractivity contribution is -0.119. The van der Waals surface area contributed by atoms with Crippen molar-refractivity contribution in [3.8, 4) is 0 Å². The van der Waals surface area contributed by atoms with Crippen molar-refractivity contribution in [2.24, 2.45) is 0 Å². The predicted molar refractivity (Wildman–Crippen MR) is 107 cm³/mol. The number of pyridine rings is 1. The van der Waals surface area contributed by atoms with E-state index in [0.717, 1.165) is 28.2 Å². The number of ether oxygens (including phenoxy) is 1. The molecule has 0 bridgehead atoms. The van der Waals surface area contributed by atoms with Crippen LogP contribution in [-0.4, -0.2) is 33.4 Å². The van der Waals surface area contributed by atoms with E-state index in [4.69, 9.17) is 16.3 Å². The number of aryl methyl sites for hydroxylation is 1. The van der Waals surface area contributed by atoms with Crippen molar-refractivity contribution < 1.29 is 32.2 Å². The Balaban J connectivity index is 2.53. The summed E-state index contributed by atoms with van der Waals surface area (Å²) in [7, 11) is 0. The first-order valence-electron chi connectivity index (χ1n) is 8.60. The van der Waals surface area contributed by atoms with Crippen molar-refractivity contribution in [1.82, 2.24) is 9.55 Å². The number of thiazole rings is 1. The summed E-state index contributed by atoms with van der Waals surface area (Å²) >= 11 is 6.58. The Kier molecular flexibility index (Phi) is 6.10. The van der Waals surface area contributed by atoms with Crippen LogP contribution in [0.3, 0.4) is 0 Å². The van der Waals surface area contributed by atoms with Gasteiger partial charge in [0, 0.05) is 22.7 Å². The molecule has 6 nitrogen and oxygen atoms in total. The monoisotopic (exact) mass is 476 g/mol. The lowest BCUT2D eigenvalue weighted by Crippen LogP contribution is -2.23. The largest absolute Gasteiger partial charge is 0.503 e. The van der Waals surface area contributed by atoms with Crippen LogP contribution in [0.25, 0.3) is 16.6 Å². The highest BCUT2D eigenvalue weighted by Gasteiger charge is 2.39. The molecule has 0 saturated carbocycles. The summed E-state index contributed by atoms with van der Waals surface area (Å²) in [4.78, 5) is 29.0. The normalized spacial score (nSPS) is 12.7. The third-order valence-electron chi connectivity index (χ3n) is 4.10. The summed E-state index contributed by atoms with van der Waals surface area (Å²) in [6.45, 7) is 2.88.